The molecule has 0 aromatic carbocycles. The van der Waals surface area contributed by atoms with Crippen molar-refractivity contribution < 1.29 is 18.5 Å². The van der Waals surface area contributed by atoms with Gasteiger partial charge < -0.3 is 19.6 Å². The van der Waals surface area contributed by atoms with Crippen molar-refractivity contribution >= 4 is 11.8 Å². The second kappa shape index (κ2) is 5.82. The third kappa shape index (κ3) is 2.96. The number of carbonyl (C=O) groups is 2. The van der Waals surface area contributed by atoms with Crippen molar-refractivity contribution in [2.75, 3.05) is 6.54 Å². The fourth-order valence-electron chi connectivity index (χ4n) is 2.23. The van der Waals surface area contributed by atoms with Crippen molar-refractivity contribution in [2.45, 2.75) is 25.3 Å². The molecule has 2 aromatic rings. The first-order valence-corrected chi connectivity index (χ1v) is 6.83. The molecule has 7 heteroatoms. The molecule has 0 radical (unpaired) electrons. The van der Waals surface area contributed by atoms with Crippen LogP contribution in [0.25, 0.3) is 11.5 Å². The summed E-state index contributed by atoms with van der Waals surface area (Å²) in [7, 11) is 0. The minimum Gasteiger partial charge on any atom is -0.461 e. The number of rotatable bonds is 3. The van der Waals surface area contributed by atoms with Crippen molar-refractivity contribution in [3.63, 3.8) is 0 Å². The highest BCUT2D eigenvalue weighted by Gasteiger charge is 2.24. The number of furan rings is 1. The molecular weight excluding hydrogens is 274 g/mol. The van der Waals surface area contributed by atoms with Crippen molar-refractivity contribution in [1.82, 2.24) is 15.8 Å². The van der Waals surface area contributed by atoms with E-state index in [1.807, 2.05) is 0 Å². The van der Waals surface area contributed by atoms with E-state index in [4.69, 9.17) is 8.94 Å². The van der Waals surface area contributed by atoms with Crippen LogP contribution >= 0.6 is 0 Å². The van der Waals surface area contributed by atoms with Gasteiger partial charge in [0.25, 0.3) is 5.91 Å². The Bertz CT molecular complexity index is 632. The SMILES string of the molecule is O=C(N[C@@H]1CCCCNC1=O)c1cc(-c2ccco2)on1. The summed E-state index contributed by atoms with van der Waals surface area (Å²) >= 11 is 0. The van der Waals surface area contributed by atoms with E-state index in [-0.39, 0.29) is 11.6 Å². The Balaban J connectivity index is 1.69. The maximum atomic E-state index is 12.1. The molecule has 2 N–H and O–H groups in total. The molecule has 2 aromatic heterocycles. The molecule has 0 spiro atoms. The van der Waals surface area contributed by atoms with Crippen molar-refractivity contribution in [2.24, 2.45) is 0 Å². The van der Waals surface area contributed by atoms with E-state index in [1.54, 1.807) is 12.1 Å². The molecule has 7 nitrogen and oxygen atoms in total. The average Bonchev–Trinajstić information content (AvgIpc) is 3.12. The van der Waals surface area contributed by atoms with Crippen molar-refractivity contribution in [3.8, 4) is 11.5 Å². The third-order valence-corrected chi connectivity index (χ3v) is 3.35. The molecule has 0 unspecified atom stereocenters. The van der Waals surface area contributed by atoms with Gasteiger partial charge >= 0.3 is 0 Å². The lowest BCUT2D eigenvalue weighted by molar-refractivity contribution is -0.122. The van der Waals surface area contributed by atoms with Crippen LogP contribution in [0.2, 0.25) is 0 Å². The van der Waals surface area contributed by atoms with Crippen molar-refractivity contribution in [3.05, 3.63) is 30.2 Å². The van der Waals surface area contributed by atoms with Crippen LogP contribution in [0, 0.1) is 0 Å². The Hall–Kier alpha value is -2.57. The Kier molecular flexibility index (Phi) is 3.72. The number of hydrogen-bond donors (Lipinski definition) is 2. The molecule has 3 heterocycles. The molecule has 0 bridgehead atoms. The molecular formula is C14H15N3O4. The van der Waals surface area contributed by atoms with Gasteiger partial charge in [-0.25, -0.2) is 0 Å². The molecule has 110 valence electrons. The maximum absolute atomic E-state index is 12.1. The lowest BCUT2D eigenvalue weighted by atomic mass is 10.1. The zero-order chi connectivity index (χ0) is 14.7. The lowest BCUT2D eigenvalue weighted by Gasteiger charge is -2.13. The molecule has 0 aliphatic carbocycles. The minimum absolute atomic E-state index is 0.124. The van der Waals surface area contributed by atoms with Crippen LogP contribution in [0.15, 0.2) is 33.4 Å². The fraction of sp³-hybridized carbons (Fsp3) is 0.357. The zero-order valence-corrected chi connectivity index (χ0v) is 11.3. The maximum Gasteiger partial charge on any atom is 0.274 e. The Labute approximate surface area is 120 Å². The highest BCUT2D eigenvalue weighted by atomic mass is 16.5. The van der Waals surface area contributed by atoms with E-state index >= 15 is 0 Å². The predicted molar refractivity (Wildman–Crippen MR) is 72.3 cm³/mol. The van der Waals surface area contributed by atoms with Gasteiger partial charge in [-0.05, 0) is 31.4 Å². The Morgan fingerprint density at radius 2 is 2.29 bits per heavy atom. The van der Waals surface area contributed by atoms with Crippen LogP contribution in [0.1, 0.15) is 29.8 Å². The summed E-state index contributed by atoms with van der Waals surface area (Å²) < 4.78 is 10.2. The van der Waals surface area contributed by atoms with Crippen LogP contribution in [0.5, 0.6) is 0 Å². The normalized spacial score (nSPS) is 18.9. The minimum atomic E-state index is -0.524. The largest absolute Gasteiger partial charge is 0.461 e. The van der Waals surface area contributed by atoms with Crippen LogP contribution < -0.4 is 10.6 Å². The highest BCUT2D eigenvalue weighted by molar-refractivity contribution is 5.96. The lowest BCUT2D eigenvalue weighted by Crippen LogP contribution is -2.45. The summed E-state index contributed by atoms with van der Waals surface area (Å²) in [5.41, 5.74) is 0.124. The second-order valence-electron chi connectivity index (χ2n) is 4.87. The van der Waals surface area contributed by atoms with Crippen LogP contribution in [0.4, 0.5) is 0 Å². The number of amides is 2. The number of hydrogen-bond acceptors (Lipinski definition) is 5. The van der Waals surface area contributed by atoms with Gasteiger partial charge in [0.2, 0.25) is 11.7 Å². The molecule has 21 heavy (non-hydrogen) atoms. The predicted octanol–water partition coefficient (Wildman–Crippen LogP) is 1.33. The van der Waals surface area contributed by atoms with E-state index in [0.29, 0.717) is 24.5 Å². The summed E-state index contributed by atoms with van der Waals surface area (Å²) in [5.74, 6) is 0.276. The van der Waals surface area contributed by atoms with Crippen LogP contribution in [-0.2, 0) is 4.79 Å². The molecule has 2 amide bonds. The summed E-state index contributed by atoms with van der Waals surface area (Å²) in [6.07, 6.45) is 3.94. The van der Waals surface area contributed by atoms with Gasteiger partial charge in [0, 0.05) is 12.6 Å². The molecule has 1 saturated heterocycles. The van der Waals surface area contributed by atoms with E-state index in [9.17, 15) is 9.59 Å². The van der Waals surface area contributed by atoms with Gasteiger partial charge in [0.1, 0.15) is 6.04 Å². The van der Waals surface area contributed by atoms with E-state index in [1.165, 1.54) is 12.3 Å². The van der Waals surface area contributed by atoms with E-state index in [2.05, 4.69) is 15.8 Å². The molecule has 1 atom stereocenters. The molecule has 1 fully saturated rings. The van der Waals surface area contributed by atoms with E-state index < -0.39 is 11.9 Å². The topological polar surface area (TPSA) is 97.4 Å². The van der Waals surface area contributed by atoms with Crippen LogP contribution in [0.3, 0.4) is 0 Å². The monoisotopic (exact) mass is 289 g/mol. The quantitative estimate of drug-likeness (QED) is 0.888. The van der Waals surface area contributed by atoms with Crippen molar-refractivity contribution in [1.29, 1.82) is 0 Å². The van der Waals surface area contributed by atoms with Gasteiger partial charge in [-0.3, -0.25) is 9.59 Å². The van der Waals surface area contributed by atoms with Gasteiger partial charge in [-0.2, -0.15) is 0 Å². The standard InChI is InChI=1S/C14H15N3O4/c18-13-9(4-1-2-6-15-13)16-14(19)10-8-12(21-17-10)11-5-3-7-20-11/h3,5,7-9H,1-2,4,6H2,(H,15,18)(H,16,19)/t9-/m1/s1. The summed E-state index contributed by atoms with van der Waals surface area (Å²) in [4.78, 5) is 23.9. The third-order valence-electron chi connectivity index (χ3n) is 3.35. The van der Waals surface area contributed by atoms with Gasteiger partial charge in [-0.15, -0.1) is 0 Å². The molecule has 0 saturated carbocycles. The average molecular weight is 289 g/mol. The second-order valence-corrected chi connectivity index (χ2v) is 4.87. The number of carbonyl (C=O) groups excluding carboxylic acids is 2. The number of aromatic nitrogens is 1. The Morgan fingerprint density at radius 1 is 1.38 bits per heavy atom. The zero-order valence-electron chi connectivity index (χ0n) is 11.3. The first-order valence-electron chi connectivity index (χ1n) is 6.83. The first-order chi connectivity index (χ1) is 10.2. The number of nitrogens with one attached hydrogen (secondary N) is 2. The Morgan fingerprint density at radius 3 is 3.10 bits per heavy atom. The van der Waals surface area contributed by atoms with E-state index in [0.717, 1.165) is 12.8 Å². The summed E-state index contributed by atoms with van der Waals surface area (Å²) in [6, 6.07) is 4.39. The first kappa shape index (κ1) is 13.4. The van der Waals surface area contributed by atoms with Crippen LogP contribution in [-0.4, -0.2) is 29.6 Å². The summed E-state index contributed by atoms with van der Waals surface area (Å²) in [5, 5.41) is 9.15. The van der Waals surface area contributed by atoms with Gasteiger partial charge in [0.05, 0.1) is 6.26 Å². The van der Waals surface area contributed by atoms with Gasteiger partial charge in [-0.1, -0.05) is 5.16 Å². The summed E-state index contributed by atoms with van der Waals surface area (Å²) in [6.45, 7) is 0.651. The highest BCUT2D eigenvalue weighted by Crippen LogP contribution is 2.20. The molecule has 1 aliphatic heterocycles. The van der Waals surface area contributed by atoms with Gasteiger partial charge in [0.15, 0.2) is 11.5 Å². The molecule has 3 rings (SSSR count). The molecule has 1 aliphatic rings. The fourth-order valence-corrected chi connectivity index (χ4v) is 2.23. The number of nitrogens with zero attached hydrogens (tertiary/aromatic N) is 1. The smallest absolute Gasteiger partial charge is 0.274 e.